The number of hydrogen-bond acceptors (Lipinski definition) is 5. The monoisotopic (exact) mass is 493 g/mol. The van der Waals surface area contributed by atoms with Crippen LogP contribution in [0, 0.1) is 11.7 Å². The molecule has 0 saturated carbocycles. The van der Waals surface area contributed by atoms with Gasteiger partial charge in [0.1, 0.15) is 11.6 Å². The van der Waals surface area contributed by atoms with Crippen LogP contribution in [0.15, 0.2) is 42.5 Å². The second-order valence-corrected chi connectivity index (χ2v) is 9.18. The molecule has 2 aromatic carbocycles. The van der Waals surface area contributed by atoms with Gasteiger partial charge in [-0.1, -0.05) is 41.4 Å². The summed E-state index contributed by atoms with van der Waals surface area (Å²) in [6, 6.07) is 11.2. The Balaban J connectivity index is 1.22. The van der Waals surface area contributed by atoms with Gasteiger partial charge in [-0.15, -0.1) is 0 Å². The number of carbonyl (C=O) groups is 1. The van der Waals surface area contributed by atoms with Crippen LogP contribution in [0.4, 0.5) is 20.0 Å². The molecule has 6 nitrogen and oxygen atoms in total. The van der Waals surface area contributed by atoms with Crippen LogP contribution >= 0.6 is 34.7 Å². The minimum Gasteiger partial charge on any atom is -0.347 e. The minimum atomic E-state index is -0.300. The Bertz CT molecular complexity index is 1070. The van der Waals surface area contributed by atoms with Crippen molar-refractivity contribution >= 4 is 51.6 Å². The van der Waals surface area contributed by atoms with Crippen molar-refractivity contribution in [3.05, 3.63) is 69.7 Å². The highest BCUT2D eigenvalue weighted by atomic mass is 35.5. The molecule has 3 aromatic rings. The zero-order chi connectivity index (χ0) is 22.5. The van der Waals surface area contributed by atoms with Gasteiger partial charge in [0.25, 0.3) is 0 Å². The number of anilines is 2. The van der Waals surface area contributed by atoms with Gasteiger partial charge in [0, 0.05) is 37.6 Å². The zero-order valence-electron chi connectivity index (χ0n) is 17.2. The number of carbonyl (C=O) groups excluding carboxylic acids is 1. The van der Waals surface area contributed by atoms with Crippen LogP contribution in [0.1, 0.15) is 24.2 Å². The average molecular weight is 494 g/mol. The molecule has 0 atom stereocenters. The Kier molecular flexibility index (Phi) is 7.44. The van der Waals surface area contributed by atoms with Crippen LogP contribution in [-0.4, -0.2) is 35.0 Å². The first-order valence-corrected chi connectivity index (χ1v) is 11.8. The SMILES string of the molecule is O=C(NCC1CCN(c2nc(Cc3ccc(F)cc3)ns2)CC1)Nc1cccc(Cl)c1Cl. The third-order valence-electron chi connectivity index (χ3n) is 5.37. The van der Waals surface area contributed by atoms with E-state index in [0.717, 1.165) is 42.5 Å². The minimum absolute atomic E-state index is 0.247. The molecule has 168 valence electrons. The highest BCUT2D eigenvalue weighted by Gasteiger charge is 2.22. The molecule has 4 rings (SSSR count). The first kappa shape index (κ1) is 22.8. The number of benzene rings is 2. The number of aromatic nitrogens is 2. The number of nitrogens with one attached hydrogen (secondary N) is 2. The fourth-order valence-electron chi connectivity index (χ4n) is 3.56. The van der Waals surface area contributed by atoms with Gasteiger partial charge < -0.3 is 15.5 Å². The van der Waals surface area contributed by atoms with E-state index in [0.29, 0.717) is 34.6 Å². The van der Waals surface area contributed by atoms with Gasteiger partial charge in [-0.25, -0.2) is 14.2 Å². The van der Waals surface area contributed by atoms with Gasteiger partial charge in [0.2, 0.25) is 5.13 Å². The third kappa shape index (κ3) is 5.88. The topological polar surface area (TPSA) is 70.2 Å². The van der Waals surface area contributed by atoms with Crippen molar-refractivity contribution in [2.75, 3.05) is 29.9 Å². The Labute approximate surface area is 199 Å². The quantitative estimate of drug-likeness (QED) is 0.467. The van der Waals surface area contributed by atoms with Gasteiger partial charge in [0.05, 0.1) is 15.7 Å². The molecule has 10 heteroatoms. The van der Waals surface area contributed by atoms with Gasteiger partial charge >= 0.3 is 6.03 Å². The van der Waals surface area contributed by atoms with Crippen LogP contribution in [0.25, 0.3) is 0 Å². The second kappa shape index (κ2) is 10.5. The van der Waals surface area contributed by atoms with Gasteiger partial charge in [-0.3, -0.25) is 0 Å². The molecule has 1 aromatic heterocycles. The van der Waals surface area contributed by atoms with Gasteiger partial charge in [-0.2, -0.15) is 4.37 Å². The van der Waals surface area contributed by atoms with E-state index in [1.807, 2.05) is 0 Å². The summed E-state index contributed by atoms with van der Waals surface area (Å²) < 4.78 is 17.5. The van der Waals surface area contributed by atoms with Crippen molar-refractivity contribution in [1.29, 1.82) is 0 Å². The summed E-state index contributed by atoms with van der Waals surface area (Å²) in [6.45, 7) is 2.31. The van der Waals surface area contributed by atoms with E-state index in [1.54, 1.807) is 30.3 Å². The van der Waals surface area contributed by atoms with E-state index < -0.39 is 0 Å². The lowest BCUT2D eigenvalue weighted by molar-refractivity contribution is 0.248. The molecule has 0 spiro atoms. The lowest BCUT2D eigenvalue weighted by Crippen LogP contribution is -2.39. The number of hydrogen-bond donors (Lipinski definition) is 2. The molecular formula is C22H22Cl2FN5OS. The molecule has 1 aliphatic rings. The van der Waals surface area contributed by atoms with Crippen molar-refractivity contribution in [2.24, 2.45) is 5.92 Å². The molecule has 0 bridgehead atoms. The van der Waals surface area contributed by atoms with Crippen LogP contribution < -0.4 is 15.5 Å². The van der Waals surface area contributed by atoms with E-state index in [1.165, 1.54) is 23.7 Å². The Morgan fingerprint density at radius 2 is 1.91 bits per heavy atom. The molecule has 2 N–H and O–H groups in total. The van der Waals surface area contributed by atoms with Gasteiger partial charge in [-0.05, 0) is 48.6 Å². The number of halogens is 3. The maximum atomic E-state index is 13.1. The molecule has 2 heterocycles. The molecule has 2 amide bonds. The van der Waals surface area contributed by atoms with Crippen molar-refractivity contribution in [2.45, 2.75) is 19.3 Å². The van der Waals surface area contributed by atoms with E-state index >= 15 is 0 Å². The van der Waals surface area contributed by atoms with Crippen LogP contribution in [0.5, 0.6) is 0 Å². The van der Waals surface area contributed by atoms with Crippen molar-refractivity contribution in [3.63, 3.8) is 0 Å². The predicted octanol–water partition coefficient (Wildman–Crippen LogP) is 5.61. The fourth-order valence-corrected chi connectivity index (χ4v) is 4.65. The highest BCUT2D eigenvalue weighted by molar-refractivity contribution is 7.09. The second-order valence-electron chi connectivity index (χ2n) is 7.66. The van der Waals surface area contributed by atoms with Crippen LogP contribution in [-0.2, 0) is 6.42 Å². The fraction of sp³-hybridized carbons (Fsp3) is 0.318. The smallest absolute Gasteiger partial charge is 0.319 e. The van der Waals surface area contributed by atoms with E-state index in [2.05, 4.69) is 24.9 Å². The summed E-state index contributed by atoms with van der Waals surface area (Å²) in [4.78, 5) is 19.1. The lowest BCUT2D eigenvalue weighted by Gasteiger charge is -2.31. The first-order chi connectivity index (χ1) is 15.5. The molecule has 1 aliphatic heterocycles. The maximum absolute atomic E-state index is 13.1. The van der Waals surface area contributed by atoms with Crippen molar-refractivity contribution in [3.8, 4) is 0 Å². The number of piperidine rings is 1. The molecule has 32 heavy (non-hydrogen) atoms. The summed E-state index contributed by atoms with van der Waals surface area (Å²) in [5.74, 6) is 0.888. The molecule has 0 radical (unpaired) electrons. The summed E-state index contributed by atoms with van der Waals surface area (Å²) in [7, 11) is 0. The summed E-state index contributed by atoms with van der Waals surface area (Å²) in [6.07, 6.45) is 2.49. The zero-order valence-corrected chi connectivity index (χ0v) is 19.5. The number of rotatable bonds is 6. The standard InChI is InChI=1S/C22H22Cl2FN5OS/c23-17-2-1-3-18(20(17)24)27-21(31)26-13-15-8-10-30(11-9-15)22-28-19(29-32-22)12-14-4-6-16(25)7-5-14/h1-7,15H,8-13H2,(H2,26,27,31). The Hall–Kier alpha value is -2.42. The number of nitrogens with zero attached hydrogens (tertiary/aromatic N) is 3. The first-order valence-electron chi connectivity index (χ1n) is 10.3. The van der Waals surface area contributed by atoms with E-state index in [9.17, 15) is 9.18 Å². The predicted molar refractivity (Wildman–Crippen MR) is 128 cm³/mol. The number of amides is 2. The molecular weight excluding hydrogens is 472 g/mol. The summed E-state index contributed by atoms with van der Waals surface area (Å²) in [5, 5.41) is 7.28. The third-order valence-corrected chi connectivity index (χ3v) is 7.00. The van der Waals surface area contributed by atoms with Crippen LogP contribution in [0.2, 0.25) is 10.0 Å². The Morgan fingerprint density at radius 3 is 2.66 bits per heavy atom. The highest BCUT2D eigenvalue weighted by Crippen LogP contribution is 2.29. The van der Waals surface area contributed by atoms with Gasteiger partial charge in [0.15, 0.2) is 0 Å². The van der Waals surface area contributed by atoms with E-state index in [4.69, 9.17) is 23.2 Å². The summed E-state index contributed by atoms with van der Waals surface area (Å²) >= 11 is 13.5. The summed E-state index contributed by atoms with van der Waals surface area (Å²) in [5.41, 5.74) is 1.47. The molecule has 1 fully saturated rings. The maximum Gasteiger partial charge on any atom is 0.319 e. The Morgan fingerprint density at radius 1 is 1.16 bits per heavy atom. The normalized spacial score (nSPS) is 14.4. The van der Waals surface area contributed by atoms with Crippen molar-refractivity contribution < 1.29 is 9.18 Å². The molecule has 0 unspecified atom stereocenters. The molecule has 0 aliphatic carbocycles. The largest absolute Gasteiger partial charge is 0.347 e. The lowest BCUT2D eigenvalue weighted by atomic mass is 9.97. The van der Waals surface area contributed by atoms with E-state index in [-0.39, 0.29) is 11.8 Å². The molecule has 1 saturated heterocycles. The van der Waals surface area contributed by atoms with Crippen molar-refractivity contribution in [1.82, 2.24) is 14.7 Å². The number of urea groups is 1. The average Bonchev–Trinajstić information content (AvgIpc) is 3.26. The van der Waals surface area contributed by atoms with Crippen LogP contribution in [0.3, 0.4) is 0 Å².